The highest BCUT2D eigenvalue weighted by atomic mass is 16.5. The molecular formula is C12H17N3O6. The van der Waals surface area contributed by atoms with Gasteiger partial charge in [0.25, 0.3) is 0 Å². The topological polar surface area (TPSA) is 144 Å². The fraction of sp³-hybridized carbons (Fsp3) is 0.417. The second kappa shape index (κ2) is 7.90. The molecule has 0 spiro atoms. The second-order valence-electron chi connectivity index (χ2n) is 4.12. The zero-order chi connectivity index (χ0) is 15.8. The van der Waals surface area contributed by atoms with E-state index in [2.05, 4.69) is 10.6 Å². The Labute approximate surface area is 120 Å². The quantitative estimate of drug-likeness (QED) is 0.480. The Kier molecular flexibility index (Phi) is 6.21. The van der Waals surface area contributed by atoms with E-state index >= 15 is 0 Å². The molecule has 0 radical (unpaired) electrons. The maximum absolute atomic E-state index is 11.4. The van der Waals surface area contributed by atoms with Gasteiger partial charge in [-0.05, 0) is 13.0 Å². The van der Waals surface area contributed by atoms with Crippen molar-refractivity contribution in [3.05, 3.63) is 23.2 Å². The largest absolute Gasteiger partial charge is 0.478 e. The molecule has 9 heteroatoms. The first-order valence-electron chi connectivity index (χ1n) is 6.10. The Hall–Kier alpha value is -2.55. The van der Waals surface area contributed by atoms with Crippen LogP contribution in [0.5, 0.6) is 0 Å². The normalized spacial score (nSPS) is 10.1. The SMILES string of the molecule is Cc1oc(CNC(=O)NCCOCC(N)=O)cc1C(=O)O. The lowest BCUT2D eigenvalue weighted by Gasteiger charge is -2.06. The summed E-state index contributed by atoms with van der Waals surface area (Å²) in [6.45, 7) is 1.74. The van der Waals surface area contributed by atoms with Gasteiger partial charge in [-0.3, -0.25) is 4.79 Å². The molecule has 3 amide bonds. The number of carbonyl (C=O) groups is 3. The monoisotopic (exact) mass is 299 g/mol. The van der Waals surface area contributed by atoms with Crippen LogP contribution >= 0.6 is 0 Å². The molecule has 0 atom stereocenters. The summed E-state index contributed by atoms with van der Waals surface area (Å²) in [5.74, 6) is -1.05. The minimum Gasteiger partial charge on any atom is -0.478 e. The molecule has 0 aliphatic heterocycles. The van der Waals surface area contributed by atoms with E-state index in [1.165, 1.54) is 13.0 Å². The number of hydrogen-bond donors (Lipinski definition) is 4. The first-order chi connectivity index (χ1) is 9.90. The minimum absolute atomic E-state index is 0.0576. The summed E-state index contributed by atoms with van der Waals surface area (Å²) >= 11 is 0. The highest BCUT2D eigenvalue weighted by Crippen LogP contribution is 2.14. The van der Waals surface area contributed by atoms with Crippen LogP contribution in [0.2, 0.25) is 0 Å². The molecule has 0 saturated heterocycles. The van der Waals surface area contributed by atoms with Gasteiger partial charge in [-0.25, -0.2) is 9.59 Å². The Morgan fingerprint density at radius 1 is 1.38 bits per heavy atom. The molecule has 0 aromatic carbocycles. The van der Waals surface area contributed by atoms with Gasteiger partial charge in [-0.15, -0.1) is 0 Å². The average Bonchev–Trinajstić information content (AvgIpc) is 2.77. The Bertz CT molecular complexity index is 525. The van der Waals surface area contributed by atoms with Crippen molar-refractivity contribution < 1.29 is 28.6 Å². The average molecular weight is 299 g/mol. The summed E-state index contributed by atoms with van der Waals surface area (Å²) in [7, 11) is 0. The number of carboxylic acid groups (broad SMARTS) is 1. The van der Waals surface area contributed by atoms with E-state index in [-0.39, 0.29) is 37.6 Å². The van der Waals surface area contributed by atoms with Crippen molar-refractivity contribution in [2.45, 2.75) is 13.5 Å². The molecule has 0 fully saturated rings. The molecule has 0 aliphatic carbocycles. The third-order valence-corrected chi connectivity index (χ3v) is 2.40. The number of amides is 3. The van der Waals surface area contributed by atoms with E-state index in [0.29, 0.717) is 5.76 Å². The number of nitrogens with one attached hydrogen (secondary N) is 2. The second-order valence-corrected chi connectivity index (χ2v) is 4.12. The van der Waals surface area contributed by atoms with Gasteiger partial charge in [0, 0.05) is 6.54 Å². The smallest absolute Gasteiger partial charge is 0.339 e. The van der Waals surface area contributed by atoms with Crippen LogP contribution in [-0.2, 0) is 16.1 Å². The molecule has 21 heavy (non-hydrogen) atoms. The van der Waals surface area contributed by atoms with Crippen molar-refractivity contribution in [2.75, 3.05) is 19.8 Å². The number of primary amides is 1. The number of rotatable bonds is 8. The van der Waals surface area contributed by atoms with Crippen LogP contribution in [0.3, 0.4) is 0 Å². The summed E-state index contributed by atoms with van der Waals surface area (Å²) in [6, 6.07) is 0.886. The number of nitrogens with two attached hydrogens (primary N) is 1. The third-order valence-electron chi connectivity index (χ3n) is 2.40. The van der Waals surface area contributed by atoms with E-state index in [4.69, 9.17) is 20.0 Å². The van der Waals surface area contributed by atoms with Gasteiger partial charge >= 0.3 is 12.0 Å². The number of furan rings is 1. The number of hydrogen-bond acceptors (Lipinski definition) is 5. The Morgan fingerprint density at radius 2 is 2.10 bits per heavy atom. The number of urea groups is 1. The van der Waals surface area contributed by atoms with E-state index in [1.54, 1.807) is 0 Å². The number of aryl methyl sites for hydroxylation is 1. The fourth-order valence-corrected chi connectivity index (χ4v) is 1.48. The lowest BCUT2D eigenvalue weighted by molar-refractivity contribution is -0.122. The maximum atomic E-state index is 11.4. The predicted molar refractivity (Wildman–Crippen MR) is 70.7 cm³/mol. The lowest BCUT2D eigenvalue weighted by atomic mass is 10.2. The van der Waals surface area contributed by atoms with Crippen molar-refractivity contribution in [1.29, 1.82) is 0 Å². The molecule has 1 aromatic rings. The van der Waals surface area contributed by atoms with Crippen molar-refractivity contribution in [3.8, 4) is 0 Å². The third kappa shape index (κ3) is 5.95. The molecule has 0 bridgehead atoms. The van der Waals surface area contributed by atoms with Crippen molar-refractivity contribution in [2.24, 2.45) is 5.73 Å². The zero-order valence-corrected chi connectivity index (χ0v) is 11.5. The van der Waals surface area contributed by atoms with Gasteiger partial charge < -0.3 is 30.6 Å². The minimum atomic E-state index is -1.08. The molecule has 0 unspecified atom stereocenters. The summed E-state index contributed by atoms with van der Waals surface area (Å²) in [5.41, 5.74) is 4.93. The maximum Gasteiger partial charge on any atom is 0.339 e. The van der Waals surface area contributed by atoms with Crippen molar-refractivity contribution >= 4 is 17.9 Å². The lowest BCUT2D eigenvalue weighted by Crippen LogP contribution is -2.37. The van der Waals surface area contributed by atoms with Crippen molar-refractivity contribution in [3.63, 3.8) is 0 Å². The molecule has 1 heterocycles. The number of carboxylic acids is 1. The predicted octanol–water partition coefficient (Wildman–Crippen LogP) is -0.413. The van der Waals surface area contributed by atoms with Crippen LogP contribution in [0.1, 0.15) is 21.9 Å². The molecular weight excluding hydrogens is 282 g/mol. The van der Waals surface area contributed by atoms with Crippen LogP contribution < -0.4 is 16.4 Å². The highest BCUT2D eigenvalue weighted by Gasteiger charge is 2.13. The van der Waals surface area contributed by atoms with Gasteiger partial charge in [-0.1, -0.05) is 0 Å². The molecule has 9 nitrogen and oxygen atoms in total. The first-order valence-corrected chi connectivity index (χ1v) is 6.10. The van der Waals surface area contributed by atoms with E-state index < -0.39 is 17.9 Å². The van der Waals surface area contributed by atoms with Crippen LogP contribution in [0, 0.1) is 6.92 Å². The molecule has 0 saturated carbocycles. The van der Waals surface area contributed by atoms with E-state index in [1.807, 2.05) is 0 Å². The number of carbonyl (C=O) groups excluding carboxylic acids is 2. The number of aromatic carboxylic acids is 1. The summed E-state index contributed by atoms with van der Waals surface area (Å²) in [6.07, 6.45) is 0. The van der Waals surface area contributed by atoms with E-state index in [9.17, 15) is 14.4 Å². The van der Waals surface area contributed by atoms with Crippen LogP contribution in [0.4, 0.5) is 4.79 Å². The summed E-state index contributed by atoms with van der Waals surface area (Å²) in [4.78, 5) is 32.6. The standard InChI is InChI=1S/C12H17N3O6/c1-7-9(11(17)18)4-8(21-7)5-15-12(19)14-2-3-20-6-10(13)16/h4H,2-3,5-6H2,1H3,(H2,13,16)(H,17,18)(H2,14,15,19). The molecule has 1 rings (SSSR count). The van der Waals surface area contributed by atoms with Gasteiger partial charge in [0.05, 0.1) is 13.2 Å². The first kappa shape index (κ1) is 16.5. The fourth-order valence-electron chi connectivity index (χ4n) is 1.48. The van der Waals surface area contributed by atoms with Gasteiger partial charge in [0.15, 0.2) is 0 Å². The summed E-state index contributed by atoms with van der Waals surface area (Å²) < 4.78 is 10.0. The van der Waals surface area contributed by atoms with Gasteiger partial charge in [0.2, 0.25) is 5.91 Å². The molecule has 1 aromatic heterocycles. The van der Waals surface area contributed by atoms with Crippen LogP contribution in [0.25, 0.3) is 0 Å². The van der Waals surface area contributed by atoms with Gasteiger partial charge in [-0.2, -0.15) is 0 Å². The van der Waals surface area contributed by atoms with E-state index in [0.717, 1.165) is 0 Å². The summed E-state index contributed by atoms with van der Waals surface area (Å²) in [5, 5.41) is 13.8. The van der Waals surface area contributed by atoms with Crippen molar-refractivity contribution in [1.82, 2.24) is 10.6 Å². The molecule has 5 N–H and O–H groups in total. The molecule has 116 valence electrons. The zero-order valence-electron chi connectivity index (χ0n) is 11.5. The van der Waals surface area contributed by atoms with Crippen LogP contribution in [-0.4, -0.2) is 42.8 Å². The number of ether oxygens (including phenoxy) is 1. The highest BCUT2D eigenvalue weighted by molar-refractivity contribution is 5.88. The van der Waals surface area contributed by atoms with Crippen LogP contribution in [0.15, 0.2) is 10.5 Å². The Morgan fingerprint density at radius 3 is 2.67 bits per heavy atom. The molecule has 0 aliphatic rings. The Balaban J connectivity index is 2.25. The van der Waals surface area contributed by atoms with Gasteiger partial charge in [0.1, 0.15) is 23.7 Å².